The second kappa shape index (κ2) is 6.29. The van der Waals surface area contributed by atoms with Gasteiger partial charge in [-0.05, 0) is 18.2 Å². The van der Waals surface area contributed by atoms with Crippen molar-refractivity contribution in [1.29, 1.82) is 0 Å². The van der Waals surface area contributed by atoms with Crippen molar-refractivity contribution in [2.45, 2.75) is 0 Å². The van der Waals surface area contributed by atoms with E-state index in [4.69, 9.17) is 0 Å². The van der Waals surface area contributed by atoms with Gasteiger partial charge < -0.3 is 5.32 Å². The van der Waals surface area contributed by atoms with Gasteiger partial charge in [-0.3, -0.25) is 14.9 Å². The van der Waals surface area contributed by atoms with Crippen LogP contribution in [0.25, 0.3) is 0 Å². The molecule has 0 heterocycles. The molecule has 0 radical (unpaired) electrons. The fourth-order valence-electron chi connectivity index (χ4n) is 1.68. The lowest BCUT2D eigenvalue weighted by molar-refractivity contribution is -0.385. The van der Waals surface area contributed by atoms with Crippen molar-refractivity contribution in [2.24, 2.45) is 0 Å². The Balaban J connectivity index is 2.11. The molecular formula is C15H12N2O3. The van der Waals surface area contributed by atoms with Gasteiger partial charge in [0.25, 0.3) is 5.69 Å². The van der Waals surface area contributed by atoms with Gasteiger partial charge >= 0.3 is 0 Å². The van der Waals surface area contributed by atoms with Crippen LogP contribution in [0, 0.1) is 10.1 Å². The first kappa shape index (κ1) is 13.5. The summed E-state index contributed by atoms with van der Waals surface area (Å²) in [5.41, 5.74) is 0.713. The maximum Gasteiger partial charge on any atom is 0.280 e. The largest absolute Gasteiger partial charge is 0.362 e. The number of hydrogen-bond acceptors (Lipinski definition) is 4. The molecule has 0 atom stereocenters. The molecule has 2 aromatic rings. The average molecular weight is 268 g/mol. The highest BCUT2D eigenvalue weighted by atomic mass is 16.6. The highest BCUT2D eigenvalue weighted by Gasteiger charge is 2.16. The molecule has 0 fully saturated rings. The number of nitrogens with zero attached hydrogens (tertiary/aromatic N) is 1. The Morgan fingerprint density at radius 2 is 1.70 bits per heavy atom. The molecule has 100 valence electrons. The van der Waals surface area contributed by atoms with Crippen molar-refractivity contribution in [3.63, 3.8) is 0 Å². The van der Waals surface area contributed by atoms with Gasteiger partial charge in [0.05, 0.1) is 10.5 Å². The zero-order valence-electron chi connectivity index (χ0n) is 10.5. The van der Waals surface area contributed by atoms with Crippen LogP contribution in [0.3, 0.4) is 0 Å². The van der Waals surface area contributed by atoms with E-state index in [0.717, 1.165) is 5.69 Å². The molecule has 0 saturated heterocycles. The molecule has 0 aliphatic heterocycles. The molecule has 1 N–H and O–H groups in total. The summed E-state index contributed by atoms with van der Waals surface area (Å²) in [5, 5.41) is 13.8. The Morgan fingerprint density at radius 1 is 1.05 bits per heavy atom. The van der Waals surface area contributed by atoms with Gasteiger partial charge in [-0.15, -0.1) is 0 Å². The summed E-state index contributed by atoms with van der Waals surface area (Å²) in [5.74, 6) is -0.416. The standard InChI is InChI=1S/C15H12N2O3/c18-15(10-11-16-12-6-2-1-3-7-12)13-8-4-5-9-14(13)17(19)20/h1-11,16H/b11-10+. The third-order valence-corrected chi connectivity index (χ3v) is 2.62. The number of para-hydroxylation sites is 2. The van der Waals surface area contributed by atoms with Crippen LogP contribution in [-0.2, 0) is 0 Å². The number of anilines is 1. The van der Waals surface area contributed by atoms with Gasteiger partial charge in [0.1, 0.15) is 0 Å². The van der Waals surface area contributed by atoms with Gasteiger partial charge in [0.15, 0.2) is 5.78 Å². The summed E-state index contributed by atoms with van der Waals surface area (Å²) >= 11 is 0. The number of carbonyl (C=O) groups is 1. The van der Waals surface area contributed by atoms with E-state index in [1.54, 1.807) is 6.07 Å². The summed E-state index contributed by atoms with van der Waals surface area (Å²) in [6.07, 6.45) is 2.74. The smallest absolute Gasteiger partial charge is 0.280 e. The number of carbonyl (C=O) groups excluding carboxylic acids is 1. The van der Waals surface area contributed by atoms with E-state index in [-0.39, 0.29) is 11.3 Å². The first-order valence-electron chi connectivity index (χ1n) is 5.94. The molecule has 20 heavy (non-hydrogen) atoms. The maximum absolute atomic E-state index is 11.9. The van der Waals surface area contributed by atoms with Crippen molar-refractivity contribution >= 4 is 17.2 Å². The SMILES string of the molecule is O=C(/C=C/Nc1ccccc1)c1ccccc1[N+](=O)[O-]. The van der Waals surface area contributed by atoms with Crippen LogP contribution in [0.1, 0.15) is 10.4 Å². The van der Waals surface area contributed by atoms with E-state index in [1.807, 2.05) is 30.3 Å². The van der Waals surface area contributed by atoms with Gasteiger partial charge in [-0.2, -0.15) is 0 Å². The van der Waals surface area contributed by atoms with E-state index in [2.05, 4.69) is 5.32 Å². The number of benzene rings is 2. The lowest BCUT2D eigenvalue weighted by atomic mass is 10.1. The second-order valence-electron chi connectivity index (χ2n) is 3.98. The van der Waals surface area contributed by atoms with E-state index >= 15 is 0 Å². The third kappa shape index (κ3) is 3.29. The van der Waals surface area contributed by atoms with Crippen LogP contribution < -0.4 is 5.32 Å². The van der Waals surface area contributed by atoms with Crippen molar-refractivity contribution in [3.8, 4) is 0 Å². The molecule has 0 aromatic heterocycles. The minimum Gasteiger partial charge on any atom is -0.362 e. The van der Waals surface area contributed by atoms with E-state index in [9.17, 15) is 14.9 Å². The molecule has 0 aliphatic carbocycles. The zero-order chi connectivity index (χ0) is 14.4. The second-order valence-corrected chi connectivity index (χ2v) is 3.98. The van der Waals surface area contributed by atoms with Crippen molar-refractivity contribution in [1.82, 2.24) is 0 Å². The van der Waals surface area contributed by atoms with Gasteiger partial charge in [0.2, 0.25) is 0 Å². The monoisotopic (exact) mass is 268 g/mol. The molecule has 0 unspecified atom stereocenters. The highest BCUT2D eigenvalue weighted by molar-refractivity contribution is 6.07. The van der Waals surface area contributed by atoms with Crippen molar-refractivity contribution in [2.75, 3.05) is 5.32 Å². The summed E-state index contributed by atoms with van der Waals surface area (Å²) in [6.45, 7) is 0. The van der Waals surface area contributed by atoms with Crippen LogP contribution in [0.5, 0.6) is 0 Å². The normalized spacial score (nSPS) is 10.4. The quantitative estimate of drug-likeness (QED) is 0.390. The topological polar surface area (TPSA) is 72.2 Å². The Bertz CT molecular complexity index is 651. The van der Waals surface area contributed by atoms with Crippen LogP contribution in [-0.4, -0.2) is 10.7 Å². The number of nitro groups is 1. The van der Waals surface area contributed by atoms with Gasteiger partial charge in [0, 0.05) is 24.0 Å². The highest BCUT2D eigenvalue weighted by Crippen LogP contribution is 2.18. The molecule has 0 amide bonds. The number of rotatable bonds is 5. The Labute approximate surface area is 115 Å². The first-order chi connectivity index (χ1) is 9.68. The molecule has 0 bridgehead atoms. The molecule has 0 aliphatic rings. The number of ketones is 1. The van der Waals surface area contributed by atoms with Crippen LogP contribution in [0.15, 0.2) is 66.9 Å². The molecular weight excluding hydrogens is 256 g/mol. The molecule has 2 rings (SSSR count). The van der Waals surface area contributed by atoms with E-state index in [1.165, 1.54) is 30.5 Å². The maximum atomic E-state index is 11.9. The van der Waals surface area contributed by atoms with Crippen LogP contribution >= 0.6 is 0 Å². The molecule has 0 saturated carbocycles. The van der Waals surface area contributed by atoms with Crippen molar-refractivity contribution in [3.05, 3.63) is 82.6 Å². The van der Waals surface area contributed by atoms with Gasteiger partial charge in [-0.25, -0.2) is 0 Å². The number of nitro benzene ring substituents is 1. The molecule has 5 heteroatoms. The minimum absolute atomic E-state index is 0.0728. The molecule has 0 spiro atoms. The van der Waals surface area contributed by atoms with E-state index in [0.29, 0.717) is 0 Å². The summed E-state index contributed by atoms with van der Waals surface area (Å²) in [6, 6.07) is 15.2. The van der Waals surface area contributed by atoms with Crippen molar-refractivity contribution < 1.29 is 9.72 Å². The fourth-order valence-corrected chi connectivity index (χ4v) is 1.68. The molecule has 5 nitrogen and oxygen atoms in total. The summed E-state index contributed by atoms with van der Waals surface area (Å²) in [4.78, 5) is 22.2. The minimum atomic E-state index is -0.564. The Morgan fingerprint density at radius 3 is 2.40 bits per heavy atom. The predicted octanol–water partition coefficient (Wildman–Crippen LogP) is 3.40. The average Bonchev–Trinajstić information content (AvgIpc) is 2.48. The number of hydrogen-bond donors (Lipinski definition) is 1. The Hall–Kier alpha value is -2.95. The third-order valence-electron chi connectivity index (χ3n) is 2.62. The summed E-state index contributed by atoms with van der Waals surface area (Å²) in [7, 11) is 0. The van der Waals surface area contributed by atoms with Crippen LogP contribution in [0.2, 0.25) is 0 Å². The lowest BCUT2D eigenvalue weighted by Gasteiger charge is -2.00. The first-order valence-corrected chi connectivity index (χ1v) is 5.94. The summed E-state index contributed by atoms with van der Waals surface area (Å²) < 4.78 is 0. The number of allylic oxidation sites excluding steroid dienone is 1. The number of nitrogens with one attached hydrogen (secondary N) is 1. The lowest BCUT2D eigenvalue weighted by Crippen LogP contribution is -2.01. The van der Waals surface area contributed by atoms with E-state index < -0.39 is 10.7 Å². The van der Waals surface area contributed by atoms with Gasteiger partial charge in [-0.1, -0.05) is 30.3 Å². The fraction of sp³-hybridized carbons (Fsp3) is 0. The van der Waals surface area contributed by atoms with Crippen LogP contribution in [0.4, 0.5) is 11.4 Å². The Kier molecular flexibility index (Phi) is 4.24. The zero-order valence-corrected chi connectivity index (χ0v) is 10.5. The predicted molar refractivity (Wildman–Crippen MR) is 76.6 cm³/mol. The molecule has 2 aromatic carbocycles.